The number of ether oxygens (including phenoxy) is 3. The summed E-state index contributed by atoms with van der Waals surface area (Å²) in [5, 5.41) is 6.28. The Morgan fingerprint density at radius 2 is 2.00 bits per heavy atom. The topological polar surface area (TPSA) is 115 Å². The van der Waals surface area contributed by atoms with Gasteiger partial charge in [-0.25, -0.2) is 10.2 Å². The Kier molecular flexibility index (Phi) is 4.82. The summed E-state index contributed by atoms with van der Waals surface area (Å²) in [7, 11) is 0. The van der Waals surface area contributed by atoms with E-state index in [1.165, 1.54) is 6.92 Å². The van der Waals surface area contributed by atoms with Crippen LogP contribution in [0.1, 0.15) is 19.8 Å². The Balaban J connectivity index is 1.57. The van der Waals surface area contributed by atoms with Gasteiger partial charge in [-0.2, -0.15) is 5.10 Å². The second-order valence-corrected chi connectivity index (χ2v) is 5.49. The molecule has 0 radical (unpaired) electrons. The molecular formula is C16H17N3O6. The summed E-state index contributed by atoms with van der Waals surface area (Å²) >= 11 is 0. The Morgan fingerprint density at radius 3 is 2.72 bits per heavy atom. The van der Waals surface area contributed by atoms with Crippen LogP contribution in [0.3, 0.4) is 0 Å². The van der Waals surface area contributed by atoms with Crippen LogP contribution >= 0.6 is 0 Å². The van der Waals surface area contributed by atoms with Crippen LogP contribution in [0, 0.1) is 0 Å². The SMILES string of the molecule is C[C@H](OC(=O)C1=NNC(=O)CC1)C(=O)Nc1ccc2c(c1)OCCO2. The van der Waals surface area contributed by atoms with E-state index in [0.29, 0.717) is 30.4 Å². The lowest BCUT2D eigenvalue weighted by Gasteiger charge is -2.19. The van der Waals surface area contributed by atoms with Crippen LogP contribution in [0.4, 0.5) is 5.69 Å². The first-order valence-electron chi connectivity index (χ1n) is 7.80. The fraction of sp³-hybridized carbons (Fsp3) is 0.375. The Bertz CT molecular complexity index is 745. The third kappa shape index (κ3) is 4.06. The molecule has 2 amide bonds. The van der Waals surface area contributed by atoms with Gasteiger partial charge in [-0.1, -0.05) is 0 Å². The van der Waals surface area contributed by atoms with Crippen LogP contribution in [0.2, 0.25) is 0 Å². The summed E-state index contributed by atoms with van der Waals surface area (Å²) < 4.78 is 15.9. The molecule has 0 saturated heterocycles. The van der Waals surface area contributed by atoms with Gasteiger partial charge in [0.05, 0.1) is 0 Å². The summed E-state index contributed by atoms with van der Waals surface area (Å²) in [5.41, 5.74) is 2.79. The first-order valence-corrected chi connectivity index (χ1v) is 7.80. The number of anilines is 1. The predicted octanol–water partition coefficient (Wildman–Crippen LogP) is 0.594. The molecule has 25 heavy (non-hydrogen) atoms. The number of benzene rings is 1. The summed E-state index contributed by atoms with van der Waals surface area (Å²) in [6.45, 7) is 2.38. The smallest absolute Gasteiger partial charge is 0.355 e. The summed E-state index contributed by atoms with van der Waals surface area (Å²) in [5.74, 6) is -0.335. The normalized spacial score (nSPS) is 17.0. The van der Waals surface area contributed by atoms with Crippen molar-refractivity contribution in [1.82, 2.24) is 5.43 Å². The fourth-order valence-corrected chi connectivity index (χ4v) is 2.27. The van der Waals surface area contributed by atoms with E-state index in [0.717, 1.165) is 0 Å². The predicted molar refractivity (Wildman–Crippen MR) is 86.4 cm³/mol. The molecule has 0 fully saturated rings. The van der Waals surface area contributed by atoms with Gasteiger partial charge >= 0.3 is 5.97 Å². The van der Waals surface area contributed by atoms with Crippen LogP contribution in [-0.4, -0.2) is 42.8 Å². The number of rotatable bonds is 4. The second kappa shape index (κ2) is 7.20. The molecule has 2 aliphatic heterocycles. The Morgan fingerprint density at radius 1 is 1.24 bits per heavy atom. The summed E-state index contributed by atoms with van der Waals surface area (Å²) in [6.07, 6.45) is -0.687. The van der Waals surface area contributed by atoms with Crippen LogP contribution in [0.5, 0.6) is 11.5 Å². The molecule has 0 aromatic heterocycles. The van der Waals surface area contributed by atoms with Gasteiger partial charge in [-0.05, 0) is 19.1 Å². The van der Waals surface area contributed by atoms with Crippen molar-refractivity contribution in [3.05, 3.63) is 18.2 Å². The maximum absolute atomic E-state index is 12.2. The zero-order chi connectivity index (χ0) is 17.8. The number of hydrogen-bond donors (Lipinski definition) is 2. The van der Waals surface area contributed by atoms with Crippen molar-refractivity contribution in [2.24, 2.45) is 5.10 Å². The maximum atomic E-state index is 12.2. The number of nitrogens with one attached hydrogen (secondary N) is 2. The van der Waals surface area contributed by atoms with Crippen molar-refractivity contribution in [1.29, 1.82) is 0 Å². The average Bonchev–Trinajstić information content (AvgIpc) is 2.62. The number of carbonyl (C=O) groups is 3. The van der Waals surface area contributed by atoms with Crippen LogP contribution < -0.4 is 20.2 Å². The zero-order valence-corrected chi connectivity index (χ0v) is 13.5. The molecular weight excluding hydrogens is 330 g/mol. The number of esters is 1. The van der Waals surface area contributed by atoms with Gasteiger partial charge in [0.1, 0.15) is 18.9 Å². The molecule has 3 rings (SSSR count). The van der Waals surface area contributed by atoms with E-state index in [1.54, 1.807) is 18.2 Å². The van der Waals surface area contributed by atoms with E-state index >= 15 is 0 Å². The lowest BCUT2D eigenvalue weighted by atomic mass is 10.2. The van der Waals surface area contributed by atoms with Gasteiger partial charge in [0.25, 0.3) is 5.91 Å². The van der Waals surface area contributed by atoms with Crippen molar-refractivity contribution in [3.63, 3.8) is 0 Å². The minimum Gasteiger partial charge on any atom is -0.486 e. The van der Waals surface area contributed by atoms with Crippen molar-refractivity contribution in [3.8, 4) is 11.5 Å². The molecule has 1 atom stereocenters. The van der Waals surface area contributed by atoms with Gasteiger partial charge < -0.3 is 19.5 Å². The van der Waals surface area contributed by atoms with Crippen molar-refractivity contribution in [2.75, 3.05) is 18.5 Å². The Labute approximate surface area is 143 Å². The quantitative estimate of drug-likeness (QED) is 0.771. The molecule has 2 N–H and O–H groups in total. The van der Waals surface area contributed by atoms with Gasteiger partial charge in [0.2, 0.25) is 5.91 Å². The number of hydrazone groups is 1. The number of fused-ring (bicyclic) bond motifs is 1. The van der Waals surface area contributed by atoms with Crippen molar-refractivity contribution in [2.45, 2.75) is 25.9 Å². The molecule has 2 aliphatic rings. The van der Waals surface area contributed by atoms with Crippen molar-refractivity contribution < 1.29 is 28.6 Å². The van der Waals surface area contributed by atoms with E-state index in [1.807, 2.05) is 0 Å². The molecule has 1 aromatic carbocycles. The van der Waals surface area contributed by atoms with E-state index in [2.05, 4.69) is 15.8 Å². The fourth-order valence-electron chi connectivity index (χ4n) is 2.27. The van der Waals surface area contributed by atoms with E-state index < -0.39 is 18.0 Å². The Hall–Kier alpha value is -3.10. The summed E-state index contributed by atoms with van der Waals surface area (Å²) in [4.78, 5) is 35.1. The highest BCUT2D eigenvalue weighted by Crippen LogP contribution is 2.32. The van der Waals surface area contributed by atoms with Gasteiger partial charge in [0, 0.05) is 24.6 Å². The zero-order valence-electron chi connectivity index (χ0n) is 13.5. The average molecular weight is 347 g/mol. The molecule has 0 spiro atoms. The highest BCUT2D eigenvalue weighted by molar-refractivity contribution is 6.37. The number of nitrogens with zero attached hydrogens (tertiary/aromatic N) is 1. The minimum atomic E-state index is -1.03. The molecule has 0 unspecified atom stereocenters. The number of hydrogen-bond acceptors (Lipinski definition) is 7. The second-order valence-electron chi connectivity index (χ2n) is 5.49. The van der Waals surface area contributed by atoms with E-state index in [-0.39, 0.29) is 24.5 Å². The largest absolute Gasteiger partial charge is 0.486 e. The third-order valence-electron chi connectivity index (χ3n) is 3.60. The maximum Gasteiger partial charge on any atom is 0.355 e. The molecule has 2 heterocycles. The highest BCUT2D eigenvalue weighted by atomic mass is 16.6. The highest BCUT2D eigenvalue weighted by Gasteiger charge is 2.24. The first kappa shape index (κ1) is 16.7. The van der Waals surface area contributed by atoms with Crippen LogP contribution in [0.15, 0.2) is 23.3 Å². The molecule has 132 valence electrons. The standard InChI is InChI=1S/C16H17N3O6/c1-9(25-16(22)11-3-5-14(20)19-18-11)15(21)17-10-2-4-12-13(8-10)24-7-6-23-12/h2,4,8-9H,3,5-7H2,1H3,(H,17,21)(H,19,20)/t9-/m0/s1. The van der Waals surface area contributed by atoms with E-state index in [4.69, 9.17) is 14.2 Å². The molecule has 1 aromatic rings. The van der Waals surface area contributed by atoms with Gasteiger partial charge in [-0.15, -0.1) is 0 Å². The lowest BCUT2D eigenvalue weighted by molar-refractivity contribution is -0.146. The van der Waals surface area contributed by atoms with Gasteiger partial charge in [0.15, 0.2) is 17.6 Å². The minimum absolute atomic E-state index is 0.0820. The van der Waals surface area contributed by atoms with E-state index in [9.17, 15) is 14.4 Å². The number of carbonyl (C=O) groups excluding carboxylic acids is 3. The first-order chi connectivity index (χ1) is 12.0. The number of amides is 2. The molecule has 0 saturated carbocycles. The molecule has 9 nitrogen and oxygen atoms in total. The third-order valence-corrected chi connectivity index (χ3v) is 3.60. The monoisotopic (exact) mass is 347 g/mol. The molecule has 0 aliphatic carbocycles. The van der Waals surface area contributed by atoms with Crippen LogP contribution in [0.25, 0.3) is 0 Å². The molecule has 9 heteroatoms. The van der Waals surface area contributed by atoms with Gasteiger partial charge in [-0.3, -0.25) is 9.59 Å². The lowest BCUT2D eigenvalue weighted by Crippen LogP contribution is -2.35. The van der Waals surface area contributed by atoms with Crippen LogP contribution in [-0.2, 0) is 19.1 Å². The molecule has 0 bridgehead atoms. The van der Waals surface area contributed by atoms with Crippen molar-refractivity contribution >= 4 is 29.2 Å². The summed E-state index contributed by atoms with van der Waals surface area (Å²) in [6, 6.07) is 5.00.